The smallest absolute Gasteiger partial charge is 0.125 e. The number of hydrogen-bond acceptors (Lipinski definition) is 2. The van der Waals surface area contributed by atoms with Crippen molar-refractivity contribution in [3.63, 3.8) is 0 Å². The van der Waals surface area contributed by atoms with Gasteiger partial charge in [0.1, 0.15) is 11.6 Å². The molecule has 1 heterocycles. The summed E-state index contributed by atoms with van der Waals surface area (Å²) in [4.78, 5) is 4.32. The molecule has 0 aliphatic carbocycles. The Morgan fingerprint density at radius 3 is 3.00 bits per heavy atom. The van der Waals surface area contributed by atoms with Gasteiger partial charge in [0.25, 0.3) is 0 Å². The molecule has 14 heavy (non-hydrogen) atoms. The Balaban J connectivity index is 2.61. The maximum atomic E-state index is 12.9. The number of benzene rings is 1. The molecule has 1 N–H and O–H groups in total. The van der Waals surface area contributed by atoms with Crippen molar-refractivity contribution in [1.82, 2.24) is 14.9 Å². The Kier molecular flexibility index (Phi) is 2.21. The highest BCUT2D eigenvalue weighted by atomic mass is 19.1. The molecule has 0 unspecified atom stereocenters. The van der Waals surface area contributed by atoms with Gasteiger partial charge in [-0.25, -0.2) is 9.37 Å². The Labute approximate surface area is 81.6 Å². The molecule has 0 fully saturated rings. The summed E-state index contributed by atoms with van der Waals surface area (Å²) in [5, 5.41) is 3.02. The molecule has 0 aliphatic rings. The molecule has 1 aromatic heterocycles. The van der Waals surface area contributed by atoms with E-state index in [-0.39, 0.29) is 5.82 Å². The van der Waals surface area contributed by atoms with Crippen molar-refractivity contribution < 1.29 is 4.39 Å². The lowest BCUT2D eigenvalue weighted by molar-refractivity contribution is 0.629. The van der Waals surface area contributed by atoms with Crippen molar-refractivity contribution in [3.8, 4) is 0 Å². The van der Waals surface area contributed by atoms with E-state index < -0.39 is 0 Å². The lowest BCUT2D eigenvalue weighted by Crippen LogP contribution is -2.10. The van der Waals surface area contributed by atoms with E-state index >= 15 is 0 Å². The largest absolute Gasteiger partial charge is 0.330 e. The van der Waals surface area contributed by atoms with Crippen LogP contribution in [0, 0.1) is 5.82 Å². The highest BCUT2D eigenvalue weighted by Crippen LogP contribution is 2.15. The van der Waals surface area contributed by atoms with Gasteiger partial charge in [0.05, 0.1) is 17.6 Å². The normalized spacial score (nSPS) is 11.1. The molecule has 0 bridgehead atoms. The summed E-state index contributed by atoms with van der Waals surface area (Å²) < 4.78 is 14.9. The van der Waals surface area contributed by atoms with Crippen LogP contribution >= 0.6 is 0 Å². The zero-order chi connectivity index (χ0) is 10.1. The molecule has 0 aliphatic heterocycles. The molecular weight excluding hydrogens is 181 g/mol. The highest BCUT2D eigenvalue weighted by Gasteiger charge is 2.06. The number of rotatable bonds is 2. The SMILES string of the molecule is CNCc1nc2cc(F)ccc2n1C. The van der Waals surface area contributed by atoms with Crippen molar-refractivity contribution >= 4 is 11.0 Å². The number of imidazole rings is 1. The van der Waals surface area contributed by atoms with E-state index in [2.05, 4.69) is 10.3 Å². The minimum Gasteiger partial charge on any atom is -0.330 e. The molecule has 4 heteroatoms. The average Bonchev–Trinajstić information content (AvgIpc) is 2.44. The number of fused-ring (bicyclic) bond motifs is 1. The molecular formula is C10H12FN3. The van der Waals surface area contributed by atoms with Crippen LogP contribution in [0.15, 0.2) is 18.2 Å². The fraction of sp³-hybridized carbons (Fsp3) is 0.300. The van der Waals surface area contributed by atoms with Crippen LogP contribution in [-0.2, 0) is 13.6 Å². The van der Waals surface area contributed by atoms with Crippen LogP contribution in [0.2, 0.25) is 0 Å². The maximum Gasteiger partial charge on any atom is 0.125 e. The van der Waals surface area contributed by atoms with E-state index in [0.717, 1.165) is 11.3 Å². The van der Waals surface area contributed by atoms with Crippen molar-refractivity contribution in [2.45, 2.75) is 6.54 Å². The van der Waals surface area contributed by atoms with Crippen molar-refractivity contribution in [2.75, 3.05) is 7.05 Å². The maximum absolute atomic E-state index is 12.9. The van der Waals surface area contributed by atoms with Gasteiger partial charge in [0.2, 0.25) is 0 Å². The third-order valence-electron chi connectivity index (χ3n) is 2.27. The zero-order valence-corrected chi connectivity index (χ0v) is 8.21. The summed E-state index contributed by atoms with van der Waals surface area (Å²) in [5.74, 6) is 0.666. The third-order valence-corrected chi connectivity index (χ3v) is 2.27. The van der Waals surface area contributed by atoms with E-state index in [4.69, 9.17) is 0 Å². The van der Waals surface area contributed by atoms with Crippen LogP contribution in [-0.4, -0.2) is 16.6 Å². The van der Waals surface area contributed by atoms with Gasteiger partial charge >= 0.3 is 0 Å². The minimum atomic E-state index is -0.244. The van der Waals surface area contributed by atoms with E-state index in [0.29, 0.717) is 12.1 Å². The molecule has 74 valence electrons. The molecule has 0 atom stereocenters. The fourth-order valence-corrected chi connectivity index (χ4v) is 1.54. The van der Waals surface area contributed by atoms with E-state index in [1.165, 1.54) is 12.1 Å². The molecule has 2 aromatic rings. The summed E-state index contributed by atoms with van der Waals surface area (Å²) >= 11 is 0. The Morgan fingerprint density at radius 1 is 1.50 bits per heavy atom. The summed E-state index contributed by atoms with van der Waals surface area (Å²) in [6.45, 7) is 0.687. The second-order valence-electron chi connectivity index (χ2n) is 3.25. The molecule has 0 saturated heterocycles. The van der Waals surface area contributed by atoms with Gasteiger partial charge in [0, 0.05) is 13.1 Å². The Morgan fingerprint density at radius 2 is 2.29 bits per heavy atom. The highest BCUT2D eigenvalue weighted by molar-refractivity contribution is 5.75. The molecule has 0 saturated carbocycles. The number of hydrogen-bond donors (Lipinski definition) is 1. The second kappa shape index (κ2) is 3.38. The zero-order valence-electron chi connectivity index (χ0n) is 8.21. The molecule has 0 radical (unpaired) electrons. The third kappa shape index (κ3) is 1.37. The summed E-state index contributed by atoms with van der Waals surface area (Å²) in [5.41, 5.74) is 1.66. The van der Waals surface area contributed by atoms with Crippen LogP contribution in [0.3, 0.4) is 0 Å². The van der Waals surface area contributed by atoms with Crippen LogP contribution in [0.4, 0.5) is 4.39 Å². The second-order valence-corrected chi connectivity index (χ2v) is 3.25. The van der Waals surface area contributed by atoms with Gasteiger partial charge in [-0.3, -0.25) is 0 Å². The van der Waals surface area contributed by atoms with Crippen molar-refractivity contribution in [2.24, 2.45) is 7.05 Å². The number of nitrogens with zero attached hydrogens (tertiary/aromatic N) is 2. The summed E-state index contributed by atoms with van der Waals surface area (Å²) in [7, 11) is 3.79. The quantitative estimate of drug-likeness (QED) is 0.782. The lowest BCUT2D eigenvalue weighted by atomic mass is 10.3. The first-order valence-corrected chi connectivity index (χ1v) is 4.48. The van der Waals surface area contributed by atoms with Gasteiger partial charge in [-0.2, -0.15) is 0 Å². The average molecular weight is 193 g/mol. The standard InChI is InChI=1S/C10H12FN3/c1-12-6-10-13-8-5-7(11)3-4-9(8)14(10)2/h3-5,12H,6H2,1-2H3. The first-order chi connectivity index (χ1) is 6.72. The van der Waals surface area contributed by atoms with E-state index in [9.17, 15) is 4.39 Å². The van der Waals surface area contributed by atoms with Crippen molar-refractivity contribution in [1.29, 1.82) is 0 Å². The lowest BCUT2D eigenvalue weighted by Gasteiger charge is -1.99. The van der Waals surface area contributed by atoms with E-state index in [1.54, 1.807) is 6.07 Å². The van der Waals surface area contributed by atoms with E-state index in [1.807, 2.05) is 18.7 Å². The number of halogens is 1. The van der Waals surface area contributed by atoms with Gasteiger partial charge in [-0.05, 0) is 19.2 Å². The van der Waals surface area contributed by atoms with Crippen LogP contribution in [0.5, 0.6) is 0 Å². The molecule has 1 aromatic carbocycles. The Hall–Kier alpha value is -1.42. The molecule has 3 nitrogen and oxygen atoms in total. The van der Waals surface area contributed by atoms with Crippen LogP contribution < -0.4 is 5.32 Å². The van der Waals surface area contributed by atoms with Crippen LogP contribution in [0.1, 0.15) is 5.82 Å². The monoisotopic (exact) mass is 193 g/mol. The molecule has 2 rings (SSSR count). The Bertz CT molecular complexity index is 462. The summed E-state index contributed by atoms with van der Waals surface area (Å²) in [6, 6.07) is 4.65. The summed E-state index contributed by atoms with van der Waals surface area (Å²) in [6.07, 6.45) is 0. The van der Waals surface area contributed by atoms with Gasteiger partial charge < -0.3 is 9.88 Å². The predicted molar refractivity (Wildman–Crippen MR) is 53.4 cm³/mol. The topological polar surface area (TPSA) is 29.9 Å². The van der Waals surface area contributed by atoms with Gasteiger partial charge in [-0.1, -0.05) is 0 Å². The molecule has 0 amide bonds. The van der Waals surface area contributed by atoms with Crippen LogP contribution in [0.25, 0.3) is 11.0 Å². The number of aromatic nitrogens is 2. The number of nitrogens with one attached hydrogen (secondary N) is 1. The van der Waals surface area contributed by atoms with Crippen molar-refractivity contribution in [3.05, 3.63) is 29.8 Å². The first kappa shape index (κ1) is 9.15. The van der Waals surface area contributed by atoms with Gasteiger partial charge in [-0.15, -0.1) is 0 Å². The minimum absolute atomic E-state index is 0.244. The van der Waals surface area contributed by atoms with Gasteiger partial charge in [0.15, 0.2) is 0 Å². The fourth-order valence-electron chi connectivity index (χ4n) is 1.54. The predicted octanol–water partition coefficient (Wildman–Crippen LogP) is 1.43. The number of aryl methyl sites for hydroxylation is 1. The molecule has 0 spiro atoms. The first-order valence-electron chi connectivity index (χ1n) is 4.48.